The van der Waals surface area contributed by atoms with E-state index in [1.54, 1.807) is 17.1 Å². The smallest absolute Gasteiger partial charge is 0.209 e. The number of nitrogens with zero attached hydrogens (tertiary/aromatic N) is 6. The maximum Gasteiger partial charge on any atom is 0.209 e. The quantitative estimate of drug-likeness (QED) is 0.498. The number of sulfonamides is 1. The third kappa shape index (κ3) is 4.72. The number of anilines is 1. The average Bonchev–Trinajstić information content (AvgIpc) is 3.40. The van der Waals surface area contributed by atoms with E-state index in [9.17, 15) is 8.42 Å². The van der Waals surface area contributed by atoms with Gasteiger partial charge in [-0.1, -0.05) is 11.8 Å². The van der Waals surface area contributed by atoms with Gasteiger partial charge in [-0.15, -0.1) is 0 Å². The standard InChI is InChI=1S/C21H26N8O3S/c1-15-14-32-9-8-28(15)20-10-16(4-3-7-27-12-17(13-27)26-33(2,30)31)18-11-23-29(21(18)24-20)19-5-6-22-25-19/h5-6,10-11,15,17,26H,7-9,12-14H2,1-2H3,(H,22,25)/t15-/m1/s1. The molecule has 3 aromatic heterocycles. The van der Waals surface area contributed by atoms with Crippen LogP contribution in [0.2, 0.25) is 0 Å². The number of hydrogen-bond donors (Lipinski definition) is 2. The fraction of sp³-hybridized carbons (Fsp3) is 0.476. The lowest BCUT2D eigenvalue weighted by atomic mass is 10.1. The molecular formula is C21H26N8O3S. The van der Waals surface area contributed by atoms with Gasteiger partial charge in [-0.05, 0) is 13.0 Å². The highest BCUT2D eigenvalue weighted by atomic mass is 32.2. The third-order valence-electron chi connectivity index (χ3n) is 5.76. The van der Waals surface area contributed by atoms with Crippen molar-refractivity contribution in [3.05, 3.63) is 30.1 Å². The van der Waals surface area contributed by atoms with Crippen LogP contribution in [0, 0.1) is 11.8 Å². The number of morpholine rings is 1. The first kappa shape index (κ1) is 21.8. The minimum Gasteiger partial charge on any atom is -0.377 e. The van der Waals surface area contributed by atoms with Crippen molar-refractivity contribution in [2.45, 2.75) is 19.0 Å². The van der Waals surface area contributed by atoms with E-state index in [0.29, 0.717) is 44.3 Å². The summed E-state index contributed by atoms with van der Waals surface area (Å²) in [4.78, 5) is 9.25. The lowest BCUT2D eigenvalue weighted by Gasteiger charge is -2.37. The third-order valence-corrected chi connectivity index (χ3v) is 6.52. The maximum absolute atomic E-state index is 11.3. The van der Waals surface area contributed by atoms with Crippen molar-refractivity contribution in [3.8, 4) is 17.7 Å². The first-order valence-electron chi connectivity index (χ1n) is 10.8. The number of H-pyrrole nitrogens is 1. The molecule has 0 aliphatic carbocycles. The van der Waals surface area contributed by atoms with Crippen molar-refractivity contribution in [2.75, 3.05) is 50.5 Å². The van der Waals surface area contributed by atoms with E-state index in [1.807, 2.05) is 12.1 Å². The molecule has 1 atom stereocenters. The Labute approximate surface area is 192 Å². The first-order valence-corrected chi connectivity index (χ1v) is 12.7. The zero-order valence-electron chi connectivity index (χ0n) is 18.5. The van der Waals surface area contributed by atoms with Gasteiger partial charge in [0.2, 0.25) is 10.0 Å². The molecule has 5 heterocycles. The minimum absolute atomic E-state index is 0.0454. The Balaban J connectivity index is 1.43. The summed E-state index contributed by atoms with van der Waals surface area (Å²) in [6, 6.07) is 4.01. The Hall–Kier alpha value is -2.98. The van der Waals surface area contributed by atoms with Gasteiger partial charge >= 0.3 is 0 Å². The fourth-order valence-corrected chi connectivity index (χ4v) is 4.92. The van der Waals surface area contributed by atoms with Crippen LogP contribution < -0.4 is 9.62 Å². The lowest BCUT2D eigenvalue weighted by Crippen LogP contribution is -2.58. The first-order chi connectivity index (χ1) is 15.9. The number of aromatic amines is 1. The summed E-state index contributed by atoms with van der Waals surface area (Å²) < 4.78 is 32.6. The van der Waals surface area contributed by atoms with Gasteiger partial charge in [-0.2, -0.15) is 14.9 Å². The molecule has 2 N–H and O–H groups in total. The SMILES string of the molecule is C[C@@H]1COCCN1c1cc(C#CCN2CC(NS(C)(=O)=O)C2)c2cnn(-c3cc[nH]n3)c2n1. The van der Waals surface area contributed by atoms with Gasteiger partial charge in [-0.3, -0.25) is 10.00 Å². The van der Waals surface area contributed by atoms with Gasteiger partial charge in [0.15, 0.2) is 11.5 Å². The van der Waals surface area contributed by atoms with Crippen molar-refractivity contribution < 1.29 is 13.2 Å². The van der Waals surface area contributed by atoms with E-state index < -0.39 is 10.0 Å². The molecule has 0 aromatic carbocycles. The van der Waals surface area contributed by atoms with Crippen LogP contribution in [-0.2, 0) is 14.8 Å². The summed E-state index contributed by atoms with van der Waals surface area (Å²) in [5, 5.41) is 12.4. The van der Waals surface area contributed by atoms with Crippen LogP contribution in [0.3, 0.4) is 0 Å². The van der Waals surface area contributed by atoms with Crippen LogP contribution in [0.15, 0.2) is 24.5 Å². The lowest BCUT2D eigenvalue weighted by molar-refractivity contribution is 0.0985. The Morgan fingerprint density at radius 3 is 2.91 bits per heavy atom. The van der Waals surface area contributed by atoms with Gasteiger partial charge in [-0.25, -0.2) is 18.1 Å². The van der Waals surface area contributed by atoms with E-state index in [0.717, 1.165) is 23.3 Å². The molecule has 11 nitrogen and oxygen atoms in total. The highest BCUT2D eigenvalue weighted by Crippen LogP contribution is 2.26. The molecule has 33 heavy (non-hydrogen) atoms. The number of likely N-dealkylation sites (tertiary alicyclic amines) is 1. The van der Waals surface area contributed by atoms with Crippen molar-refractivity contribution in [1.29, 1.82) is 0 Å². The maximum atomic E-state index is 11.3. The molecular weight excluding hydrogens is 444 g/mol. The number of pyridine rings is 1. The molecule has 5 rings (SSSR count). The second kappa shape index (κ2) is 8.75. The van der Waals surface area contributed by atoms with Gasteiger partial charge in [0.25, 0.3) is 0 Å². The van der Waals surface area contributed by atoms with Crippen molar-refractivity contribution >= 4 is 26.9 Å². The largest absolute Gasteiger partial charge is 0.377 e. The molecule has 3 aromatic rings. The number of rotatable bonds is 5. The van der Waals surface area contributed by atoms with Gasteiger partial charge in [0.05, 0.1) is 43.6 Å². The van der Waals surface area contributed by atoms with Crippen LogP contribution in [0.25, 0.3) is 16.9 Å². The zero-order valence-corrected chi connectivity index (χ0v) is 19.3. The zero-order chi connectivity index (χ0) is 23.0. The second-order valence-corrected chi connectivity index (χ2v) is 10.2. The molecule has 2 fully saturated rings. The average molecular weight is 471 g/mol. The molecule has 0 unspecified atom stereocenters. The molecule has 0 spiro atoms. The predicted molar refractivity (Wildman–Crippen MR) is 124 cm³/mol. The summed E-state index contributed by atoms with van der Waals surface area (Å²) in [5.41, 5.74) is 1.55. The predicted octanol–water partition coefficient (Wildman–Crippen LogP) is -0.0464. The normalized spacial score (nSPS) is 19.9. The van der Waals surface area contributed by atoms with Crippen molar-refractivity contribution in [3.63, 3.8) is 0 Å². The summed E-state index contributed by atoms with van der Waals surface area (Å²) in [7, 11) is -3.18. The molecule has 0 radical (unpaired) electrons. The molecule has 2 saturated heterocycles. The van der Waals surface area contributed by atoms with Crippen LogP contribution in [0.4, 0.5) is 5.82 Å². The Bertz CT molecular complexity index is 1300. The number of ether oxygens (including phenoxy) is 1. The van der Waals surface area contributed by atoms with E-state index >= 15 is 0 Å². The summed E-state index contributed by atoms with van der Waals surface area (Å²) in [5.74, 6) is 8.02. The Kier molecular flexibility index (Phi) is 5.79. The summed E-state index contributed by atoms with van der Waals surface area (Å²) in [6.07, 6.45) is 4.69. The molecule has 174 valence electrons. The van der Waals surface area contributed by atoms with E-state index in [4.69, 9.17) is 9.72 Å². The summed E-state index contributed by atoms with van der Waals surface area (Å²) >= 11 is 0. The minimum atomic E-state index is -3.18. The number of aromatic nitrogens is 5. The molecule has 0 amide bonds. The summed E-state index contributed by atoms with van der Waals surface area (Å²) in [6.45, 7) is 6.04. The Morgan fingerprint density at radius 2 is 2.18 bits per heavy atom. The molecule has 0 saturated carbocycles. The fourth-order valence-electron chi connectivity index (χ4n) is 4.17. The van der Waals surface area contributed by atoms with Gasteiger partial charge in [0, 0.05) is 43.5 Å². The number of fused-ring (bicyclic) bond motifs is 1. The number of nitrogens with one attached hydrogen (secondary N) is 2. The second-order valence-electron chi connectivity index (χ2n) is 8.45. The van der Waals surface area contributed by atoms with E-state index in [-0.39, 0.29) is 12.1 Å². The van der Waals surface area contributed by atoms with E-state index in [1.165, 1.54) is 6.26 Å². The highest BCUT2D eigenvalue weighted by Gasteiger charge is 2.28. The highest BCUT2D eigenvalue weighted by molar-refractivity contribution is 7.88. The van der Waals surface area contributed by atoms with Crippen molar-refractivity contribution in [1.82, 2.24) is 34.6 Å². The van der Waals surface area contributed by atoms with Crippen LogP contribution in [0.5, 0.6) is 0 Å². The molecule has 12 heteroatoms. The van der Waals surface area contributed by atoms with Gasteiger partial charge < -0.3 is 9.64 Å². The Morgan fingerprint density at radius 1 is 1.33 bits per heavy atom. The molecule has 2 aliphatic heterocycles. The van der Waals surface area contributed by atoms with Crippen molar-refractivity contribution in [2.24, 2.45) is 0 Å². The van der Waals surface area contributed by atoms with Crippen LogP contribution >= 0.6 is 0 Å². The van der Waals surface area contributed by atoms with Crippen LogP contribution in [-0.4, -0.2) is 96.0 Å². The topological polar surface area (TPSA) is 121 Å². The molecule has 0 bridgehead atoms. The van der Waals surface area contributed by atoms with Crippen LogP contribution in [0.1, 0.15) is 12.5 Å². The van der Waals surface area contributed by atoms with E-state index in [2.05, 4.69) is 48.6 Å². The van der Waals surface area contributed by atoms with Gasteiger partial charge in [0.1, 0.15) is 5.82 Å². The monoisotopic (exact) mass is 470 g/mol. The molecule has 2 aliphatic rings. The number of hydrogen-bond acceptors (Lipinski definition) is 8.